The van der Waals surface area contributed by atoms with Crippen LogP contribution in [0.25, 0.3) is 11.1 Å². The first-order valence-electron chi connectivity index (χ1n) is 11.2. The number of nitrogens with one attached hydrogen (secondary N) is 2. The largest absolute Gasteiger partial charge is 0.480 e. The van der Waals surface area contributed by atoms with Crippen molar-refractivity contribution in [3.05, 3.63) is 59.7 Å². The van der Waals surface area contributed by atoms with Gasteiger partial charge in [0.2, 0.25) is 5.91 Å². The third kappa shape index (κ3) is 6.79. The smallest absolute Gasteiger partial charge is 0.407 e. The molecule has 0 radical (unpaired) electrons. The normalized spacial score (nSPS) is 13.1. The van der Waals surface area contributed by atoms with Gasteiger partial charge in [-0.15, -0.1) is 0 Å². The molecule has 2 aromatic carbocycles. The van der Waals surface area contributed by atoms with Crippen LogP contribution in [0.3, 0.4) is 0 Å². The Morgan fingerprint density at radius 2 is 1.65 bits per heavy atom. The van der Waals surface area contributed by atoms with Crippen LogP contribution in [-0.2, 0) is 19.1 Å². The van der Waals surface area contributed by atoms with E-state index in [-0.39, 0.29) is 31.6 Å². The quantitative estimate of drug-likeness (QED) is 0.407. The molecule has 1 atom stereocenters. The molecule has 1 aliphatic rings. The van der Waals surface area contributed by atoms with Crippen LogP contribution in [0.1, 0.15) is 23.5 Å². The van der Waals surface area contributed by atoms with Crippen LogP contribution in [0.2, 0.25) is 0 Å². The number of hydrogen-bond acceptors (Lipinski definition) is 6. The number of ether oxygens (including phenoxy) is 2. The summed E-state index contributed by atoms with van der Waals surface area (Å²) in [5, 5.41) is 13.9. The molecular formula is C25H31N3O6. The SMILES string of the molecule is CN(C)CCC(NC(=O)OCC1c2ccccc2-c2ccccc21)C(=O)NCCOCC(=O)O. The molecule has 0 saturated heterocycles. The molecular weight excluding hydrogens is 438 g/mol. The summed E-state index contributed by atoms with van der Waals surface area (Å²) in [5.41, 5.74) is 4.50. The minimum Gasteiger partial charge on any atom is -0.480 e. The monoisotopic (exact) mass is 469 g/mol. The van der Waals surface area contributed by atoms with Crippen molar-refractivity contribution in [2.45, 2.75) is 18.4 Å². The standard InChI is InChI=1S/C25H31N3O6/c1-28(2)13-11-22(24(31)26-12-14-33-16-23(29)30)27-25(32)34-15-21-19-9-5-3-7-17(19)18-8-4-6-10-20(18)21/h3-10,21-22H,11-16H2,1-2H3,(H,26,31)(H,27,32)(H,29,30). The number of fused-ring (bicyclic) bond motifs is 3. The van der Waals surface area contributed by atoms with Gasteiger partial charge in [0.1, 0.15) is 19.3 Å². The predicted molar refractivity (Wildman–Crippen MR) is 127 cm³/mol. The summed E-state index contributed by atoms with van der Waals surface area (Å²) in [5.74, 6) is -1.53. The van der Waals surface area contributed by atoms with E-state index in [1.54, 1.807) is 0 Å². The molecule has 9 nitrogen and oxygen atoms in total. The molecule has 2 amide bonds. The zero-order chi connectivity index (χ0) is 24.5. The van der Waals surface area contributed by atoms with E-state index in [1.807, 2.05) is 55.4 Å². The number of hydrogen-bond donors (Lipinski definition) is 3. The van der Waals surface area contributed by atoms with Gasteiger partial charge in [0, 0.05) is 12.5 Å². The minimum absolute atomic E-state index is 0.0589. The van der Waals surface area contributed by atoms with Crippen LogP contribution in [0.5, 0.6) is 0 Å². The molecule has 1 aliphatic carbocycles. The van der Waals surface area contributed by atoms with Crippen molar-refractivity contribution in [2.24, 2.45) is 0 Å². The molecule has 0 heterocycles. The number of amides is 2. The molecule has 3 N–H and O–H groups in total. The zero-order valence-corrected chi connectivity index (χ0v) is 19.5. The van der Waals surface area contributed by atoms with Crippen molar-refractivity contribution in [3.8, 4) is 11.1 Å². The van der Waals surface area contributed by atoms with Gasteiger partial charge < -0.3 is 30.1 Å². The molecule has 9 heteroatoms. The Morgan fingerprint density at radius 1 is 1.03 bits per heavy atom. The molecule has 0 saturated carbocycles. The molecule has 0 fully saturated rings. The van der Waals surface area contributed by atoms with Gasteiger partial charge in [-0.25, -0.2) is 9.59 Å². The Kier molecular flexibility index (Phi) is 9.00. The van der Waals surface area contributed by atoms with Crippen molar-refractivity contribution in [3.63, 3.8) is 0 Å². The molecule has 0 aromatic heterocycles. The lowest BCUT2D eigenvalue weighted by Crippen LogP contribution is -2.48. The number of carboxylic acids is 1. The number of rotatable bonds is 12. The van der Waals surface area contributed by atoms with E-state index in [0.717, 1.165) is 22.3 Å². The number of benzene rings is 2. The Balaban J connectivity index is 1.57. The number of carbonyl (C=O) groups excluding carboxylic acids is 2. The molecule has 0 aliphatic heterocycles. The van der Waals surface area contributed by atoms with Crippen molar-refractivity contribution in [1.29, 1.82) is 0 Å². The summed E-state index contributed by atoms with van der Waals surface area (Å²) in [6.07, 6.45) is -0.276. The number of carbonyl (C=O) groups is 3. The number of carboxylic acid groups (broad SMARTS) is 1. The average molecular weight is 470 g/mol. The van der Waals surface area contributed by atoms with Gasteiger partial charge in [-0.2, -0.15) is 0 Å². The topological polar surface area (TPSA) is 117 Å². The van der Waals surface area contributed by atoms with Crippen LogP contribution in [0, 0.1) is 0 Å². The third-order valence-electron chi connectivity index (χ3n) is 5.59. The van der Waals surface area contributed by atoms with Crippen LogP contribution in [-0.4, -0.2) is 81.0 Å². The lowest BCUT2D eigenvalue weighted by atomic mass is 9.98. The van der Waals surface area contributed by atoms with E-state index < -0.39 is 24.7 Å². The Morgan fingerprint density at radius 3 is 2.24 bits per heavy atom. The van der Waals surface area contributed by atoms with Crippen molar-refractivity contribution < 1.29 is 29.0 Å². The first kappa shape index (κ1) is 25.2. The predicted octanol–water partition coefficient (Wildman–Crippen LogP) is 2.06. The molecule has 0 bridgehead atoms. The molecule has 2 aromatic rings. The van der Waals surface area contributed by atoms with Gasteiger partial charge in [0.15, 0.2) is 0 Å². The highest BCUT2D eigenvalue weighted by Gasteiger charge is 2.29. The molecule has 1 unspecified atom stereocenters. The second-order valence-electron chi connectivity index (χ2n) is 8.35. The summed E-state index contributed by atoms with van der Waals surface area (Å²) >= 11 is 0. The number of nitrogens with zero attached hydrogens (tertiary/aromatic N) is 1. The average Bonchev–Trinajstić information content (AvgIpc) is 3.13. The zero-order valence-electron chi connectivity index (χ0n) is 19.5. The molecule has 3 rings (SSSR count). The highest BCUT2D eigenvalue weighted by atomic mass is 16.5. The van der Waals surface area contributed by atoms with Crippen LogP contribution < -0.4 is 10.6 Å². The van der Waals surface area contributed by atoms with Gasteiger partial charge in [-0.1, -0.05) is 48.5 Å². The maximum Gasteiger partial charge on any atom is 0.407 e. The maximum atomic E-state index is 12.6. The first-order chi connectivity index (χ1) is 16.4. The fourth-order valence-corrected chi connectivity index (χ4v) is 3.97. The van der Waals surface area contributed by atoms with Crippen molar-refractivity contribution in [1.82, 2.24) is 15.5 Å². The highest BCUT2D eigenvalue weighted by molar-refractivity contribution is 5.85. The van der Waals surface area contributed by atoms with E-state index in [2.05, 4.69) is 22.8 Å². The van der Waals surface area contributed by atoms with E-state index in [4.69, 9.17) is 14.6 Å². The second-order valence-corrected chi connectivity index (χ2v) is 8.35. The Bertz CT molecular complexity index is 964. The van der Waals surface area contributed by atoms with E-state index in [9.17, 15) is 14.4 Å². The van der Waals surface area contributed by atoms with Gasteiger partial charge in [0.05, 0.1) is 6.61 Å². The number of aliphatic carboxylic acids is 1. The van der Waals surface area contributed by atoms with Gasteiger partial charge in [-0.05, 0) is 49.3 Å². The summed E-state index contributed by atoms with van der Waals surface area (Å²) in [6.45, 7) is 0.500. The summed E-state index contributed by atoms with van der Waals surface area (Å²) in [4.78, 5) is 37.6. The Labute approximate surface area is 199 Å². The van der Waals surface area contributed by atoms with Gasteiger partial charge in [-0.3, -0.25) is 4.79 Å². The maximum absolute atomic E-state index is 12.6. The van der Waals surface area contributed by atoms with Crippen molar-refractivity contribution >= 4 is 18.0 Å². The van der Waals surface area contributed by atoms with Crippen LogP contribution in [0.4, 0.5) is 4.79 Å². The van der Waals surface area contributed by atoms with E-state index in [0.29, 0.717) is 13.0 Å². The summed E-state index contributed by atoms with van der Waals surface area (Å²) in [6, 6.07) is 15.4. The molecule has 34 heavy (non-hydrogen) atoms. The van der Waals surface area contributed by atoms with Gasteiger partial charge >= 0.3 is 12.1 Å². The fourth-order valence-electron chi connectivity index (χ4n) is 3.97. The highest BCUT2D eigenvalue weighted by Crippen LogP contribution is 2.44. The Hall–Kier alpha value is -3.43. The molecule has 182 valence electrons. The van der Waals surface area contributed by atoms with Crippen LogP contribution in [0.15, 0.2) is 48.5 Å². The van der Waals surface area contributed by atoms with E-state index >= 15 is 0 Å². The fraction of sp³-hybridized carbons (Fsp3) is 0.400. The lowest BCUT2D eigenvalue weighted by molar-refractivity contribution is -0.142. The van der Waals surface area contributed by atoms with Crippen LogP contribution >= 0.6 is 0 Å². The minimum atomic E-state index is -1.08. The molecule has 0 spiro atoms. The summed E-state index contributed by atoms with van der Waals surface area (Å²) < 4.78 is 10.5. The number of alkyl carbamates (subject to hydrolysis) is 1. The van der Waals surface area contributed by atoms with E-state index in [1.165, 1.54) is 0 Å². The lowest BCUT2D eigenvalue weighted by Gasteiger charge is -2.21. The van der Waals surface area contributed by atoms with Gasteiger partial charge in [0.25, 0.3) is 0 Å². The first-order valence-corrected chi connectivity index (χ1v) is 11.2. The van der Waals surface area contributed by atoms with Crippen molar-refractivity contribution in [2.75, 3.05) is 47.0 Å². The second kappa shape index (κ2) is 12.2. The third-order valence-corrected chi connectivity index (χ3v) is 5.59. The summed E-state index contributed by atoms with van der Waals surface area (Å²) in [7, 11) is 3.75.